The maximum atomic E-state index is 6.15. The summed E-state index contributed by atoms with van der Waals surface area (Å²) in [5.41, 5.74) is 4.49. The van der Waals surface area contributed by atoms with Gasteiger partial charge in [0.2, 0.25) is 0 Å². The number of thiocarbonyl (C=S) groups is 1. The fourth-order valence-electron chi connectivity index (χ4n) is 2.13. The SMILES string of the molecule is COCCNC(=S)NN=Cc1ccc(OCc2ccccc2Cl)c(OC)c1. The van der Waals surface area contributed by atoms with E-state index in [0.29, 0.717) is 41.4 Å². The van der Waals surface area contributed by atoms with Gasteiger partial charge in [0.1, 0.15) is 6.61 Å². The average molecular weight is 408 g/mol. The van der Waals surface area contributed by atoms with Crippen LogP contribution >= 0.6 is 23.8 Å². The number of hydrazone groups is 1. The van der Waals surface area contributed by atoms with E-state index in [0.717, 1.165) is 11.1 Å². The largest absolute Gasteiger partial charge is 0.493 e. The van der Waals surface area contributed by atoms with Crippen LogP contribution in [0.5, 0.6) is 11.5 Å². The van der Waals surface area contributed by atoms with Crippen molar-refractivity contribution in [2.45, 2.75) is 6.61 Å². The standard InChI is InChI=1S/C19H22ClN3O3S/c1-24-10-9-21-19(27)23-22-12-14-7-8-17(18(11-14)25-2)26-13-15-5-3-4-6-16(15)20/h3-8,11-12H,9-10,13H2,1-2H3,(H2,21,23,27). The number of nitrogens with zero attached hydrogens (tertiary/aromatic N) is 1. The van der Waals surface area contributed by atoms with Gasteiger partial charge < -0.3 is 19.5 Å². The highest BCUT2D eigenvalue weighted by molar-refractivity contribution is 7.80. The molecule has 0 heterocycles. The molecule has 0 bridgehead atoms. The summed E-state index contributed by atoms with van der Waals surface area (Å²) in [4.78, 5) is 0. The molecule has 2 aromatic carbocycles. The summed E-state index contributed by atoms with van der Waals surface area (Å²) in [5, 5.41) is 8.16. The molecule has 0 atom stereocenters. The molecule has 2 N–H and O–H groups in total. The topological polar surface area (TPSA) is 64.1 Å². The Morgan fingerprint density at radius 2 is 2.00 bits per heavy atom. The van der Waals surface area contributed by atoms with Crippen molar-refractivity contribution in [3.05, 3.63) is 58.6 Å². The zero-order valence-corrected chi connectivity index (χ0v) is 16.8. The third-order valence-electron chi connectivity index (χ3n) is 3.50. The zero-order chi connectivity index (χ0) is 19.5. The van der Waals surface area contributed by atoms with Crippen LogP contribution in [0.4, 0.5) is 0 Å². The first-order chi connectivity index (χ1) is 13.1. The molecule has 0 aliphatic carbocycles. The van der Waals surface area contributed by atoms with E-state index in [1.807, 2.05) is 42.5 Å². The third kappa shape index (κ3) is 7.05. The molecule has 144 valence electrons. The summed E-state index contributed by atoms with van der Waals surface area (Å²) < 4.78 is 16.2. The lowest BCUT2D eigenvalue weighted by molar-refractivity contribution is 0.204. The molecule has 2 rings (SSSR count). The summed E-state index contributed by atoms with van der Waals surface area (Å²) in [6.45, 7) is 1.54. The van der Waals surface area contributed by atoms with Crippen molar-refractivity contribution in [2.75, 3.05) is 27.4 Å². The maximum absolute atomic E-state index is 6.15. The Morgan fingerprint density at radius 3 is 2.74 bits per heavy atom. The van der Waals surface area contributed by atoms with Crippen molar-refractivity contribution in [1.29, 1.82) is 0 Å². The van der Waals surface area contributed by atoms with E-state index in [2.05, 4.69) is 15.8 Å². The molecule has 6 nitrogen and oxygen atoms in total. The molecule has 0 unspecified atom stereocenters. The summed E-state index contributed by atoms with van der Waals surface area (Å²) >= 11 is 11.3. The smallest absolute Gasteiger partial charge is 0.187 e. The predicted molar refractivity (Wildman–Crippen MR) is 112 cm³/mol. The average Bonchev–Trinajstić information content (AvgIpc) is 2.68. The van der Waals surface area contributed by atoms with E-state index >= 15 is 0 Å². The van der Waals surface area contributed by atoms with Crippen molar-refractivity contribution in [2.24, 2.45) is 5.10 Å². The van der Waals surface area contributed by atoms with Gasteiger partial charge in [-0.3, -0.25) is 5.43 Å². The molecule has 0 aliphatic rings. The lowest BCUT2D eigenvalue weighted by Gasteiger charge is -2.12. The minimum atomic E-state index is 0.354. The van der Waals surface area contributed by atoms with Crippen LogP contribution in [0.3, 0.4) is 0 Å². The van der Waals surface area contributed by atoms with Crippen LogP contribution < -0.4 is 20.2 Å². The van der Waals surface area contributed by atoms with Crippen LogP contribution in [0, 0.1) is 0 Å². The normalized spacial score (nSPS) is 10.6. The fraction of sp³-hybridized carbons (Fsp3) is 0.263. The summed E-state index contributed by atoms with van der Waals surface area (Å²) in [6, 6.07) is 13.1. The lowest BCUT2D eigenvalue weighted by atomic mass is 10.2. The van der Waals surface area contributed by atoms with Gasteiger partial charge in [0.05, 0.1) is 19.9 Å². The van der Waals surface area contributed by atoms with Gasteiger partial charge in [-0.2, -0.15) is 5.10 Å². The Bertz CT molecular complexity index is 787. The number of nitrogens with one attached hydrogen (secondary N) is 2. The summed E-state index contributed by atoms with van der Waals surface area (Å²) in [7, 11) is 3.22. The molecule has 0 aromatic heterocycles. The second kappa shape index (κ2) is 11.4. The monoisotopic (exact) mass is 407 g/mol. The van der Waals surface area contributed by atoms with Crippen molar-refractivity contribution >= 4 is 35.1 Å². The van der Waals surface area contributed by atoms with Crippen molar-refractivity contribution < 1.29 is 14.2 Å². The van der Waals surface area contributed by atoms with E-state index in [4.69, 9.17) is 38.0 Å². The first kappa shape index (κ1) is 21.0. The van der Waals surface area contributed by atoms with E-state index in [9.17, 15) is 0 Å². The Labute approximate surface area is 169 Å². The maximum Gasteiger partial charge on any atom is 0.187 e. The minimum absolute atomic E-state index is 0.354. The Kier molecular flexibility index (Phi) is 8.83. The van der Waals surface area contributed by atoms with Crippen molar-refractivity contribution in [3.8, 4) is 11.5 Å². The number of ether oxygens (including phenoxy) is 3. The zero-order valence-electron chi connectivity index (χ0n) is 15.2. The molecule has 2 aromatic rings. The number of halogens is 1. The van der Waals surface area contributed by atoms with Gasteiger partial charge in [0.25, 0.3) is 0 Å². The van der Waals surface area contributed by atoms with Gasteiger partial charge in [0, 0.05) is 24.2 Å². The first-order valence-electron chi connectivity index (χ1n) is 8.24. The molecular formula is C19H22ClN3O3S. The quantitative estimate of drug-likeness (QED) is 0.287. The van der Waals surface area contributed by atoms with Gasteiger partial charge in [-0.25, -0.2) is 0 Å². The van der Waals surface area contributed by atoms with Crippen LogP contribution in [-0.4, -0.2) is 38.7 Å². The van der Waals surface area contributed by atoms with Gasteiger partial charge >= 0.3 is 0 Å². The van der Waals surface area contributed by atoms with Gasteiger partial charge in [-0.05, 0) is 42.0 Å². The van der Waals surface area contributed by atoms with Crippen molar-refractivity contribution in [1.82, 2.24) is 10.7 Å². The molecule has 0 fully saturated rings. The second-order valence-electron chi connectivity index (χ2n) is 5.41. The van der Waals surface area contributed by atoms with E-state index in [-0.39, 0.29) is 0 Å². The minimum Gasteiger partial charge on any atom is -0.493 e. The van der Waals surface area contributed by atoms with E-state index < -0.39 is 0 Å². The van der Waals surface area contributed by atoms with Crippen LogP contribution in [-0.2, 0) is 11.3 Å². The fourth-order valence-corrected chi connectivity index (χ4v) is 2.47. The predicted octanol–water partition coefficient (Wildman–Crippen LogP) is 3.37. The summed E-state index contributed by atoms with van der Waals surface area (Å²) in [5.74, 6) is 1.23. The molecule has 27 heavy (non-hydrogen) atoms. The highest BCUT2D eigenvalue weighted by atomic mass is 35.5. The highest BCUT2D eigenvalue weighted by Gasteiger charge is 2.07. The number of benzene rings is 2. The van der Waals surface area contributed by atoms with Gasteiger partial charge in [0.15, 0.2) is 16.6 Å². The van der Waals surface area contributed by atoms with Crippen molar-refractivity contribution in [3.63, 3.8) is 0 Å². The number of hydrogen-bond acceptors (Lipinski definition) is 5. The van der Waals surface area contributed by atoms with Gasteiger partial charge in [-0.1, -0.05) is 29.8 Å². The Hall–Kier alpha value is -2.35. The number of hydrogen-bond donors (Lipinski definition) is 2. The van der Waals surface area contributed by atoms with Gasteiger partial charge in [-0.15, -0.1) is 0 Å². The molecule has 0 radical (unpaired) electrons. The number of rotatable bonds is 9. The second-order valence-corrected chi connectivity index (χ2v) is 6.22. The highest BCUT2D eigenvalue weighted by Crippen LogP contribution is 2.29. The van der Waals surface area contributed by atoms with Crippen LogP contribution in [0.2, 0.25) is 5.02 Å². The molecule has 0 aliphatic heterocycles. The Morgan fingerprint density at radius 1 is 1.19 bits per heavy atom. The molecule has 0 saturated heterocycles. The van der Waals surface area contributed by atoms with E-state index in [1.165, 1.54) is 0 Å². The van der Waals surface area contributed by atoms with E-state index in [1.54, 1.807) is 20.4 Å². The third-order valence-corrected chi connectivity index (χ3v) is 4.10. The molecular weight excluding hydrogens is 386 g/mol. The lowest BCUT2D eigenvalue weighted by Crippen LogP contribution is -2.34. The molecule has 0 saturated carbocycles. The molecule has 0 spiro atoms. The van der Waals surface area contributed by atoms with Crippen LogP contribution in [0.25, 0.3) is 0 Å². The number of methoxy groups -OCH3 is 2. The van der Waals surface area contributed by atoms with Crippen LogP contribution in [0.15, 0.2) is 47.6 Å². The first-order valence-corrected chi connectivity index (χ1v) is 9.02. The van der Waals surface area contributed by atoms with Crippen LogP contribution in [0.1, 0.15) is 11.1 Å². The molecule has 0 amide bonds. The summed E-state index contributed by atoms with van der Waals surface area (Å²) in [6.07, 6.45) is 1.64. The Balaban J connectivity index is 1.94. The molecule has 8 heteroatoms.